The Morgan fingerprint density at radius 3 is 2.72 bits per heavy atom. The Bertz CT molecular complexity index is 651. The zero-order valence-electron chi connectivity index (χ0n) is 15.2. The Morgan fingerprint density at radius 1 is 1.24 bits per heavy atom. The van der Waals surface area contributed by atoms with E-state index in [1.807, 2.05) is 25.4 Å². The van der Waals surface area contributed by atoms with Crippen LogP contribution in [0, 0.1) is 0 Å². The molecule has 0 radical (unpaired) electrons. The van der Waals surface area contributed by atoms with Crippen LogP contribution in [0.5, 0.6) is 0 Å². The third kappa shape index (κ3) is 4.62. The summed E-state index contributed by atoms with van der Waals surface area (Å²) in [5, 5.41) is 17.9. The number of aliphatic hydroxyl groups is 1. The quantitative estimate of drug-likeness (QED) is 0.808. The van der Waals surface area contributed by atoms with Gasteiger partial charge >= 0.3 is 0 Å². The van der Waals surface area contributed by atoms with Crippen LogP contribution >= 0.6 is 0 Å². The van der Waals surface area contributed by atoms with Gasteiger partial charge in [0.15, 0.2) is 0 Å². The lowest BCUT2D eigenvalue weighted by molar-refractivity contribution is 0.198. The average Bonchev–Trinajstić information content (AvgIpc) is 2.97. The Labute approximate surface area is 149 Å². The molecule has 1 fully saturated rings. The first kappa shape index (κ1) is 18.0. The van der Waals surface area contributed by atoms with Gasteiger partial charge in [0.25, 0.3) is 0 Å². The second-order valence-corrected chi connectivity index (χ2v) is 6.87. The lowest BCUT2D eigenvalue weighted by atomic mass is 9.96. The zero-order chi connectivity index (χ0) is 17.6. The van der Waals surface area contributed by atoms with Crippen molar-refractivity contribution in [3.8, 4) is 0 Å². The van der Waals surface area contributed by atoms with Crippen LogP contribution in [0.2, 0.25) is 0 Å². The van der Waals surface area contributed by atoms with E-state index in [-0.39, 0.29) is 6.61 Å². The van der Waals surface area contributed by atoms with E-state index >= 15 is 0 Å². The van der Waals surface area contributed by atoms with Crippen molar-refractivity contribution < 1.29 is 5.11 Å². The van der Waals surface area contributed by atoms with Gasteiger partial charge in [0.05, 0.1) is 18.8 Å². The average molecular weight is 344 g/mol. The molecule has 7 heteroatoms. The minimum absolute atomic E-state index is 0.163. The molecule has 3 rings (SSSR count). The molecule has 1 aliphatic heterocycles. The summed E-state index contributed by atoms with van der Waals surface area (Å²) < 4.78 is 2.13. The van der Waals surface area contributed by atoms with Gasteiger partial charge in [0.2, 0.25) is 0 Å². The highest BCUT2D eigenvalue weighted by Crippen LogP contribution is 2.27. The number of likely N-dealkylation sites (tertiary alicyclic amines) is 1. The molecule has 1 aliphatic rings. The fourth-order valence-electron chi connectivity index (χ4n) is 3.43. The number of piperidine rings is 1. The smallest absolute Gasteiger partial charge is 0.146 e. The van der Waals surface area contributed by atoms with Crippen LogP contribution in [0.3, 0.4) is 0 Å². The van der Waals surface area contributed by atoms with Crippen molar-refractivity contribution in [1.82, 2.24) is 29.5 Å². The molecule has 1 saturated heterocycles. The first-order chi connectivity index (χ1) is 12.2. The molecule has 3 heterocycles. The first-order valence-electron chi connectivity index (χ1n) is 8.97. The Hall–Kier alpha value is -1.83. The maximum Gasteiger partial charge on any atom is 0.146 e. The van der Waals surface area contributed by atoms with Crippen molar-refractivity contribution in [2.24, 2.45) is 7.05 Å². The number of rotatable bonds is 7. The Morgan fingerprint density at radius 2 is 2.04 bits per heavy atom. The summed E-state index contributed by atoms with van der Waals surface area (Å²) >= 11 is 0. The van der Waals surface area contributed by atoms with Crippen LogP contribution in [0.4, 0.5) is 0 Å². The molecular formula is C18H28N6O. The molecule has 0 amide bonds. The van der Waals surface area contributed by atoms with E-state index in [1.54, 1.807) is 0 Å². The topological polar surface area (TPSA) is 70.3 Å². The molecule has 0 saturated carbocycles. The van der Waals surface area contributed by atoms with E-state index in [2.05, 4.69) is 42.7 Å². The van der Waals surface area contributed by atoms with Crippen LogP contribution in [-0.4, -0.2) is 67.9 Å². The van der Waals surface area contributed by atoms with Crippen LogP contribution in [-0.2, 0) is 20.1 Å². The van der Waals surface area contributed by atoms with Crippen molar-refractivity contribution in [3.63, 3.8) is 0 Å². The van der Waals surface area contributed by atoms with Gasteiger partial charge in [-0.2, -0.15) is 0 Å². The normalized spacial score (nSPS) is 16.6. The summed E-state index contributed by atoms with van der Waals surface area (Å²) in [6.07, 6.45) is 4.06. The number of nitrogens with zero attached hydrogens (tertiary/aromatic N) is 6. The molecule has 0 atom stereocenters. The molecule has 25 heavy (non-hydrogen) atoms. The van der Waals surface area contributed by atoms with E-state index in [0.29, 0.717) is 19.0 Å². The first-order valence-corrected chi connectivity index (χ1v) is 8.97. The maximum absolute atomic E-state index is 9.03. The zero-order valence-corrected chi connectivity index (χ0v) is 15.2. The number of pyridine rings is 1. The molecule has 2 aromatic heterocycles. The van der Waals surface area contributed by atoms with Crippen molar-refractivity contribution in [2.45, 2.75) is 31.8 Å². The van der Waals surface area contributed by atoms with Gasteiger partial charge in [0.1, 0.15) is 11.6 Å². The van der Waals surface area contributed by atoms with Gasteiger partial charge in [-0.15, -0.1) is 10.2 Å². The molecule has 136 valence electrons. The molecule has 0 bridgehead atoms. The minimum Gasteiger partial charge on any atom is -0.395 e. The third-order valence-corrected chi connectivity index (χ3v) is 4.96. The number of hydrogen-bond donors (Lipinski definition) is 1. The summed E-state index contributed by atoms with van der Waals surface area (Å²) in [6.45, 7) is 4.57. The van der Waals surface area contributed by atoms with Crippen molar-refractivity contribution >= 4 is 0 Å². The molecular weight excluding hydrogens is 316 g/mol. The third-order valence-electron chi connectivity index (χ3n) is 4.96. The van der Waals surface area contributed by atoms with Gasteiger partial charge in [0, 0.05) is 32.3 Å². The van der Waals surface area contributed by atoms with Crippen molar-refractivity contribution in [2.75, 3.05) is 33.3 Å². The highest BCUT2D eigenvalue weighted by Gasteiger charge is 2.25. The van der Waals surface area contributed by atoms with Gasteiger partial charge in [-0.3, -0.25) is 14.8 Å². The second kappa shape index (κ2) is 8.51. The van der Waals surface area contributed by atoms with Crippen LogP contribution in [0.15, 0.2) is 24.4 Å². The monoisotopic (exact) mass is 344 g/mol. The fourth-order valence-corrected chi connectivity index (χ4v) is 3.43. The van der Waals surface area contributed by atoms with E-state index < -0.39 is 0 Å². The highest BCUT2D eigenvalue weighted by molar-refractivity contribution is 5.06. The van der Waals surface area contributed by atoms with Gasteiger partial charge < -0.3 is 9.67 Å². The van der Waals surface area contributed by atoms with Crippen molar-refractivity contribution in [3.05, 3.63) is 41.7 Å². The summed E-state index contributed by atoms with van der Waals surface area (Å²) in [4.78, 5) is 8.94. The maximum atomic E-state index is 9.03. The molecule has 0 unspecified atom stereocenters. The molecule has 7 nitrogen and oxygen atoms in total. The minimum atomic E-state index is 0.163. The standard InChI is InChI=1S/C18H28N6O/c1-22(11-12-25)14-17-20-21-18(23(17)2)15-6-9-24(10-7-15)13-16-5-3-4-8-19-16/h3-5,8,15,25H,6-7,9-14H2,1-2H3. The Balaban J connectivity index is 1.55. The number of likely N-dealkylation sites (N-methyl/N-ethyl adjacent to an activating group) is 1. The van der Waals surface area contributed by atoms with Gasteiger partial charge in [-0.25, -0.2) is 0 Å². The molecule has 0 spiro atoms. The van der Waals surface area contributed by atoms with Crippen LogP contribution < -0.4 is 0 Å². The summed E-state index contributed by atoms with van der Waals surface area (Å²) in [5.74, 6) is 2.51. The fraction of sp³-hybridized carbons (Fsp3) is 0.611. The largest absolute Gasteiger partial charge is 0.395 e. The molecule has 0 aliphatic carbocycles. The van der Waals surface area contributed by atoms with Crippen molar-refractivity contribution in [1.29, 1.82) is 0 Å². The van der Waals surface area contributed by atoms with Gasteiger partial charge in [-0.05, 0) is 45.1 Å². The van der Waals surface area contributed by atoms with Gasteiger partial charge in [-0.1, -0.05) is 6.07 Å². The van der Waals surface area contributed by atoms with Crippen LogP contribution in [0.25, 0.3) is 0 Å². The molecule has 0 aromatic carbocycles. The van der Waals surface area contributed by atoms with E-state index in [9.17, 15) is 0 Å². The predicted molar refractivity (Wildman–Crippen MR) is 95.9 cm³/mol. The van der Waals surface area contributed by atoms with E-state index in [1.165, 1.54) is 0 Å². The lowest BCUT2D eigenvalue weighted by Gasteiger charge is -2.31. The predicted octanol–water partition coefficient (Wildman–Crippen LogP) is 1.01. The molecule has 1 N–H and O–H groups in total. The second-order valence-electron chi connectivity index (χ2n) is 6.87. The van der Waals surface area contributed by atoms with E-state index in [0.717, 1.165) is 49.8 Å². The summed E-state index contributed by atoms with van der Waals surface area (Å²) in [7, 11) is 4.04. The SMILES string of the molecule is CN(CCO)Cc1nnc(C2CCN(Cc3ccccn3)CC2)n1C. The molecule has 2 aromatic rings. The van der Waals surface area contributed by atoms with Crippen LogP contribution in [0.1, 0.15) is 36.1 Å². The highest BCUT2D eigenvalue weighted by atomic mass is 16.3. The number of aliphatic hydroxyl groups excluding tert-OH is 1. The number of aromatic nitrogens is 4. The summed E-state index contributed by atoms with van der Waals surface area (Å²) in [5.41, 5.74) is 1.13. The Kier molecular flexibility index (Phi) is 6.12. The van der Waals surface area contributed by atoms with E-state index in [4.69, 9.17) is 5.11 Å². The summed E-state index contributed by atoms with van der Waals surface area (Å²) in [6, 6.07) is 6.09. The number of hydrogen-bond acceptors (Lipinski definition) is 6. The lowest BCUT2D eigenvalue weighted by Crippen LogP contribution is -2.33.